The van der Waals surface area contributed by atoms with Crippen molar-refractivity contribution in [3.8, 4) is 0 Å². The van der Waals surface area contributed by atoms with Crippen LogP contribution in [0.4, 0.5) is 5.82 Å². The molecule has 1 aromatic heterocycles. The standard InChI is InChI=1S/C16H24N4O2/c21-13-14-4-6-20(11-14)16(22)12-18-7-9-19(10-8-18)15-3-1-2-5-17-15/h1-3,5,14,21H,4,6-13H2. The summed E-state index contributed by atoms with van der Waals surface area (Å²) in [5, 5.41) is 9.16. The Labute approximate surface area is 131 Å². The van der Waals surface area contributed by atoms with Gasteiger partial charge >= 0.3 is 0 Å². The molecular formula is C16H24N4O2. The zero-order chi connectivity index (χ0) is 15.4. The molecule has 22 heavy (non-hydrogen) atoms. The van der Waals surface area contributed by atoms with E-state index in [9.17, 15) is 4.79 Å². The molecule has 0 bridgehead atoms. The summed E-state index contributed by atoms with van der Waals surface area (Å²) < 4.78 is 0. The fourth-order valence-corrected chi connectivity index (χ4v) is 3.18. The van der Waals surface area contributed by atoms with Crippen LogP contribution in [0.2, 0.25) is 0 Å². The number of aromatic nitrogens is 1. The lowest BCUT2D eigenvalue weighted by atomic mass is 10.1. The van der Waals surface area contributed by atoms with Crippen molar-refractivity contribution in [2.24, 2.45) is 5.92 Å². The van der Waals surface area contributed by atoms with Gasteiger partial charge in [-0.1, -0.05) is 6.07 Å². The van der Waals surface area contributed by atoms with Gasteiger partial charge in [-0.15, -0.1) is 0 Å². The Hall–Kier alpha value is -1.66. The molecular weight excluding hydrogens is 280 g/mol. The first kappa shape index (κ1) is 15.2. The summed E-state index contributed by atoms with van der Waals surface area (Å²) in [7, 11) is 0. The van der Waals surface area contributed by atoms with E-state index in [2.05, 4.69) is 14.8 Å². The van der Waals surface area contributed by atoms with Crippen molar-refractivity contribution in [3.05, 3.63) is 24.4 Å². The van der Waals surface area contributed by atoms with Crippen LogP contribution in [-0.2, 0) is 4.79 Å². The van der Waals surface area contributed by atoms with Crippen LogP contribution in [0.3, 0.4) is 0 Å². The molecule has 2 fully saturated rings. The summed E-state index contributed by atoms with van der Waals surface area (Å²) in [6, 6.07) is 5.96. The maximum absolute atomic E-state index is 12.3. The third kappa shape index (κ3) is 3.56. The fourth-order valence-electron chi connectivity index (χ4n) is 3.18. The summed E-state index contributed by atoms with van der Waals surface area (Å²) in [6.07, 6.45) is 2.74. The third-order valence-electron chi connectivity index (χ3n) is 4.60. The molecule has 2 saturated heterocycles. The van der Waals surface area contributed by atoms with Crippen molar-refractivity contribution in [1.29, 1.82) is 0 Å². The molecule has 6 heteroatoms. The van der Waals surface area contributed by atoms with E-state index in [1.807, 2.05) is 29.3 Å². The molecule has 2 aliphatic rings. The first-order chi connectivity index (χ1) is 10.8. The van der Waals surface area contributed by atoms with E-state index >= 15 is 0 Å². The van der Waals surface area contributed by atoms with Crippen LogP contribution in [0.5, 0.6) is 0 Å². The Bertz CT molecular complexity index is 488. The fraction of sp³-hybridized carbons (Fsp3) is 0.625. The topological polar surface area (TPSA) is 59.9 Å². The molecule has 0 radical (unpaired) electrons. The number of likely N-dealkylation sites (tertiary alicyclic amines) is 1. The van der Waals surface area contributed by atoms with Crippen LogP contribution < -0.4 is 4.90 Å². The largest absolute Gasteiger partial charge is 0.396 e. The van der Waals surface area contributed by atoms with Crippen LogP contribution in [0, 0.1) is 5.92 Å². The SMILES string of the molecule is O=C(CN1CCN(c2ccccn2)CC1)N1CCC(CO)C1. The van der Waals surface area contributed by atoms with Crippen LogP contribution in [0.25, 0.3) is 0 Å². The Morgan fingerprint density at radius 1 is 1.23 bits per heavy atom. The number of nitrogens with zero attached hydrogens (tertiary/aromatic N) is 4. The molecule has 0 aromatic carbocycles. The number of carbonyl (C=O) groups is 1. The molecule has 1 amide bonds. The smallest absolute Gasteiger partial charge is 0.236 e. The van der Waals surface area contributed by atoms with Gasteiger partial charge in [0.2, 0.25) is 5.91 Å². The monoisotopic (exact) mass is 304 g/mol. The quantitative estimate of drug-likeness (QED) is 0.851. The molecule has 1 N–H and O–H groups in total. The van der Waals surface area contributed by atoms with E-state index in [1.165, 1.54) is 0 Å². The average Bonchev–Trinajstić information content (AvgIpc) is 3.06. The van der Waals surface area contributed by atoms with E-state index in [4.69, 9.17) is 5.11 Å². The van der Waals surface area contributed by atoms with Gasteiger partial charge in [0.05, 0.1) is 6.54 Å². The third-order valence-corrected chi connectivity index (χ3v) is 4.60. The molecule has 0 spiro atoms. The number of hydrogen-bond acceptors (Lipinski definition) is 5. The summed E-state index contributed by atoms with van der Waals surface area (Å²) in [4.78, 5) is 23.1. The predicted octanol–water partition coefficient (Wildman–Crippen LogP) is 0.0444. The number of aliphatic hydroxyl groups excluding tert-OH is 1. The Kier molecular flexibility index (Phi) is 4.90. The zero-order valence-corrected chi connectivity index (χ0v) is 12.9. The van der Waals surface area contributed by atoms with E-state index in [0.717, 1.165) is 45.0 Å². The van der Waals surface area contributed by atoms with Gasteiger partial charge in [0.15, 0.2) is 0 Å². The van der Waals surface area contributed by atoms with E-state index in [1.54, 1.807) is 0 Å². The van der Waals surface area contributed by atoms with Crippen LogP contribution >= 0.6 is 0 Å². The summed E-state index contributed by atoms with van der Waals surface area (Å²) >= 11 is 0. The van der Waals surface area contributed by atoms with Gasteiger partial charge in [-0.25, -0.2) is 4.98 Å². The Morgan fingerprint density at radius 2 is 2.05 bits per heavy atom. The van der Waals surface area contributed by atoms with Crippen LogP contribution in [0.1, 0.15) is 6.42 Å². The number of rotatable bonds is 4. The zero-order valence-electron chi connectivity index (χ0n) is 12.9. The highest BCUT2D eigenvalue weighted by Gasteiger charge is 2.27. The van der Waals surface area contributed by atoms with Crippen molar-refractivity contribution in [2.45, 2.75) is 6.42 Å². The lowest BCUT2D eigenvalue weighted by molar-refractivity contribution is -0.131. The minimum Gasteiger partial charge on any atom is -0.396 e. The van der Waals surface area contributed by atoms with Crippen molar-refractivity contribution in [1.82, 2.24) is 14.8 Å². The summed E-state index contributed by atoms with van der Waals surface area (Å²) in [5.74, 6) is 1.48. The first-order valence-corrected chi connectivity index (χ1v) is 8.03. The number of anilines is 1. The van der Waals surface area contributed by atoms with Gasteiger partial charge in [-0.05, 0) is 18.6 Å². The van der Waals surface area contributed by atoms with Crippen molar-refractivity contribution in [2.75, 3.05) is 57.3 Å². The number of hydrogen-bond donors (Lipinski definition) is 1. The molecule has 1 atom stereocenters. The van der Waals surface area contributed by atoms with Gasteiger partial charge in [0, 0.05) is 58.0 Å². The molecule has 3 rings (SSSR count). The van der Waals surface area contributed by atoms with E-state index in [0.29, 0.717) is 13.1 Å². The Balaban J connectivity index is 1.45. The van der Waals surface area contributed by atoms with E-state index in [-0.39, 0.29) is 18.4 Å². The van der Waals surface area contributed by atoms with Crippen molar-refractivity contribution >= 4 is 11.7 Å². The normalized spacial score (nSPS) is 23.0. The van der Waals surface area contributed by atoms with Gasteiger partial charge in [0.25, 0.3) is 0 Å². The number of aliphatic hydroxyl groups is 1. The highest BCUT2D eigenvalue weighted by molar-refractivity contribution is 5.78. The minimum absolute atomic E-state index is 0.187. The highest BCUT2D eigenvalue weighted by Crippen LogP contribution is 2.16. The maximum atomic E-state index is 12.3. The van der Waals surface area contributed by atoms with Crippen molar-refractivity contribution in [3.63, 3.8) is 0 Å². The number of pyridine rings is 1. The van der Waals surface area contributed by atoms with Gasteiger partial charge in [-0.3, -0.25) is 9.69 Å². The molecule has 2 aliphatic heterocycles. The number of amides is 1. The van der Waals surface area contributed by atoms with Crippen LogP contribution in [-0.4, -0.2) is 78.2 Å². The number of piperazine rings is 1. The molecule has 1 aromatic rings. The van der Waals surface area contributed by atoms with Gasteiger partial charge < -0.3 is 14.9 Å². The second kappa shape index (κ2) is 7.07. The second-order valence-corrected chi connectivity index (χ2v) is 6.13. The first-order valence-electron chi connectivity index (χ1n) is 8.03. The predicted molar refractivity (Wildman–Crippen MR) is 84.7 cm³/mol. The minimum atomic E-state index is 0.187. The van der Waals surface area contributed by atoms with Gasteiger partial charge in [0.1, 0.15) is 5.82 Å². The maximum Gasteiger partial charge on any atom is 0.236 e. The molecule has 0 saturated carbocycles. The van der Waals surface area contributed by atoms with E-state index < -0.39 is 0 Å². The lowest BCUT2D eigenvalue weighted by Crippen LogP contribution is -2.50. The lowest BCUT2D eigenvalue weighted by Gasteiger charge is -2.35. The molecule has 0 aliphatic carbocycles. The molecule has 6 nitrogen and oxygen atoms in total. The highest BCUT2D eigenvalue weighted by atomic mass is 16.3. The second-order valence-electron chi connectivity index (χ2n) is 6.13. The average molecular weight is 304 g/mol. The summed E-state index contributed by atoms with van der Waals surface area (Å²) in [5.41, 5.74) is 0. The molecule has 120 valence electrons. The Morgan fingerprint density at radius 3 is 2.68 bits per heavy atom. The van der Waals surface area contributed by atoms with Crippen LogP contribution in [0.15, 0.2) is 24.4 Å². The molecule has 3 heterocycles. The van der Waals surface area contributed by atoms with Crippen molar-refractivity contribution < 1.29 is 9.90 Å². The molecule has 1 unspecified atom stereocenters. The summed E-state index contributed by atoms with van der Waals surface area (Å²) in [6.45, 7) is 5.77. The number of carbonyl (C=O) groups excluding carboxylic acids is 1. The van der Waals surface area contributed by atoms with Gasteiger partial charge in [-0.2, -0.15) is 0 Å².